The van der Waals surface area contributed by atoms with Crippen molar-refractivity contribution in [1.29, 1.82) is 0 Å². The summed E-state index contributed by atoms with van der Waals surface area (Å²) in [6, 6.07) is 5.14. The Labute approximate surface area is 144 Å². The number of halogens is 1. The lowest BCUT2D eigenvalue weighted by atomic mass is 9.96. The highest BCUT2D eigenvalue weighted by molar-refractivity contribution is 6.31. The number of rotatable bonds is 3. The zero-order chi connectivity index (χ0) is 17.1. The van der Waals surface area contributed by atoms with Crippen LogP contribution in [-0.4, -0.2) is 56.1 Å². The van der Waals surface area contributed by atoms with Crippen molar-refractivity contribution < 1.29 is 19.1 Å². The van der Waals surface area contributed by atoms with Crippen LogP contribution in [0.25, 0.3) is 0 Å². The fourth-order valence-electron chi connectivity index (χ4n) is 2.68. The molecule has 2 amide bonds. The summed E-state index contributed by atoms with van der Waals surface area (Å²) in [5, 5.41) is 3.21. The van der Waals surface area contributed by atoms with Gasteiger partial charge in [0.25, 0.3) is 5.91 Å². The van der Waals surface area contributed by atoms with E-state index < -0.39 is 11.8 Å². The van der Waals surface area contributed by atoms with Crippen molar-refractivity contribution in [3.63, 3.8) is 0 Å². The van der Waals surface area contributed by atoms with E-state index in [1.165, 1.54) is 0 Å². The molecule has 0 bridgehead atoms. The van der Waals surface area contributed by atoms with Crippen LogP contribution in [0, 0.1) is 5.92 Å². The number of methoxy groups -OCH3 is 1. The molecule has 0 radical (unpaired) electrons. The maximum absolute atomic E-state index is 12.4. The van der Waals surface area contributed by atoms with E-state index >= 15 is 0 Å². The van der Waals surface area contributed by atoms with Crippen LogP contribution in [0.3, 0.4) is 0 Å². The Morgan fingerprint density at radius 3 is 2.79 bits per heavy atom. The predicted octanol–water partition coefficient (Wildman–Crippen LogP) is 0.852. The second-order valence-electron chi connectivity index (χ2n) is 5.58. The molecule has 8 heteroatoms. The molecule has 1 atom stereocenters. The number of carbonyl (C=O) groups is 2. The predicted molar refractivity (Wildman–Crippen MR) is 88.2 cm³/mol. The Kier molecular flexibility index (Phi) is 5.01. The van der Waals surface area contributed by atoms with Gasteiger partial charge in [0.15, 0.2) is 0 Å². The Bertz CT molecular complexity index is 686. The summed E-state index contributed by atoms with van der Waals surface area (Å²) in [4.78, 5) is 30.6. The minimum absolute atomic E-state index is 0.181. The van der Waals surface area contributed by atoms with Crippen LogP contribution >= 0.6 is 11.6 Å². The molecule has 2 aliphatic heterocycles. The molecule has 2 heterocycles. The van der Waals surface area contributed by atoms with Crippen LogP contribution in [0.1, 0.15) is 5.56 Å². The summed E-state index contributed by atoms with van der Waals surface area (Å²) in [7, 11) is 1.55. The lowest BCUT2D eigenvalue weighted by Gasteiger charge is -2.32. The number of amides is 2. The van der Waals surface area contributed by atoms with Crippen molar-refractivity contribution in [2.45, 2.75) is 6.42 Å². The molecular formula is C16H18ClN3O4. The van der Waals surface area contributed by atoms with Gasteiger partial charge in [-0.1, -0.05) is 11.6 Å². The molecule has 0 spiro atoms. The standard InChI is InChI=1S/C16H18ClN3O4/c1-23-11-2-3-13(17)10(8-11)9-12-14(21)18-16(19-15(12)22)20-4-6-24-7-5-20/h2-3,8,12H,4-7,9H2,1H3,(H,18,19,21,22). The van der Waals surface area contributed by atoms with E-state index in [0.717, 1.165) is 0 Å². The first-order valence-electron chi connectivity index (χ1n) is 7.67. The minimum Gasteiger partial charge on any atom is -0.497 e. The van der Waals surface area contributed by atoms with Crippen LogP contribution < -0.4 is 10.1 Å². The van der Waals surface area contributed by atoms with Gasteiger partial charge in [-0.2, -0.15) is 4.99 Å². The summed E-state index contributed by atoms with van der Waals surface area (Å²) < 4.78 is 10.4. The monoisotopic (exact) mass is 351 g/mol. The quantitative estimate of drug-likeness (QED) is 0.817. The van der Waals surface area contributed by atoms with Gasteiger partial charge in [0.2, 0.25) is 11.9 Å². The van der Waals surface area contributed by atoms with E-state index in [1.54, 1.807) is 25.3 Å². The SMILES string of the molecule is COc1ccc(Cl)c(CC2C(=O)N=C(N3CCOCC3)NC2=O)c1. The highest BCUT2D eigenvalue weighted by Gasteiger charge is 2.34. The molecule has 3 rings (SSSR count). The van der Waals surface area contributed by atoms with Gasteiger partial charge in [-0.25, -0.2) is 0 Å². The molecule has 1 fully saturated rings. The molecule has 1 saturated heterocycles. The molecule has 128 valence electrons. The van der Waals surface area contributed by atoms with Crippen LogP contribution in [0.2, 0.25) is 5.02 Å². The number of hydrogen-bond donors (Lipinski definition) is 1. The van der Waals surface area contributed by atoms with Gasteiger partial charge < -0.3 is 14.4 Å². The zero-order valence-electron chi connectivity index (χ0n) is 13.3. The van der Waals surface area contributed by atoms with Crippen molar-refractivity contribution in [2.24, 2.45) is 10.9 Å². The summed E-state index contributed by atoms with van der Waals surface area (Å²) in [6.45, 7) is 2.29. The average molecular weight is 352 g/mol. The molecule has 1 aromatic carbocycles. The number of morpholine rings is 1. The Morgan fingerprint density at radius 1 is 1.38 bits per heavy atom. The Morgan fingerprint density at radius 2 is 2.12 bits per heavy atom. The highest BCUT2D eigenvalue weighted by Crippen LogP contribution is 2.25. The van der Waals surface area contributed by atoms with E-state index in [-0.39, 0.29) is 12.3 Å². The number of hydrogen-bond acceptors (Lipinski definition) is 5. The largest absolute Gasteiger partial charge is 0.497 e. The zero-order valence-corrected chi connectivity index (χ0v) is 14.0. The van der Waals surface area contributed by atoms with Crippen LogP contribution in [0.15, 0.2) is 23.2 Å². The summed E-state index contributed by atoms with van der Waals surface area (Å²) in [5.74, 6) is -0.786. The van der Waals surface area contributed by atoms with Crippen molar-refractivity contribution in [1.82, 2.24) is 10.2 Å². The smallest absolute Gasteiger partial charge is 0.261 e. The van der Waals surface area contributed by atoms with Gasteiger partial charge in [0, 0.05) is 18.1 Å². The third-order valence-electron chi connectivity index (χ3n) is 4.05. The molecule has 1 N–H and O–H groups in total. The fraction of sp³-hybridized carbons (Fsp3) is 0.438. The molecular weight excluding hydrogens is 334 g/mol. The van der Waals surface area contributed by atoms with E-state index in [2.05, 4.69) is 10.3 Å². The summed E-state index contributed by atoms with van der Waals surface area (Å²) >= 11 is 6.16. The van der Waals surface area contributed by atoms with Gasteiger partial charge in [0.1, 0.15) is 11.7 Å². The second kappa shape index (κ2) is 7.19. The Hall–Kier alpha value is -2.12. The average Bonchev–Trinajstić information content (AvgIpc) is 2.60. The lowest BCUT2D eigenvalue weighted by Crippen LogP contribution is -2.54. The van der Waals surface area contributed by atoms with Gasteiger partial charge in [-0.15, -0.1) is 0 Å². The number of guanidine groups is 1. The number of aliphatic imine (C=N–C) groups is 1. The molecule has 7 nitrogen and oxygen atoms in total. The van der Waals surface area contributed by atoms with Gasteiger partial charge in [-0.3, -0.25) is 14.9 Å². The molecule has 2 aliphatic rings. The number of nitrogens with zero attached hydrogens (tertiary/aromatic N) is 2. The minimum atomic E-state index is -0.889. The summed E-state index contributed by atoms with van der Waals surface area (Å²) in [6.07, 6.45) is 0.181. The number of ether oxygens (including phenoxy) is 2. The molecule has 1 unspecified atom stereocenters. The topological polar surface area (TPSA) is 80.2 Å². The first kappa shape index (κ1) is 16.7. The molecule has 0 aliphatic carbocycles. The highest BCUT2D eigenvalue weighted by atomic mass is 35.5. The molecule has 24 heavy (non-hydrogen) atoms. The third kappa shape index (κ3) is 3.52. The normalized spacial score (nSPS) is 21.3. The molecule has 0 aromatic heterocycles. The summed E-state index contributed by atoms with van der Waals surface area (Å²) in [5.41, 5.74) is 0.675. The van der Waals surface area contributed by atoms with Crippen molar-refractivity contribution in [3.05, 3.63) is 28.8 Å². The first-order valence-corrected chi connectivity index (χ1v) is 8.05. The van der Waals surface area contributed by atoms with Gasteiger partial charge in [0.05, 0.1) is 20.3 Å². The second-order valence-corrected chi connectivity index (χ2v) is 5.98. The van der Waals surface area contributed by atoms with Gasteiger partial charge >= 0.3 is 0 Å². The number of carbonyl (C=O) groups excluding carboxylic acids is 2. The van der Waals surface area contributed by atoms with Gasteiger partial charge in [-0.05, 0) is 30.2 Å². The Balaban J connectivity index is 1.77. The first-order chi connectivity index (χ1) is 11.6. The van der Waals surface area contributed by atoms with Crippen LogP contribution in [0.5, 0.6) is 5.75 Å². The number of nitrogens with one attached hydrogen (secondary N) is 1. The van der Waals surface area contributed by atoms with Crippen LogP contribution in [0.4, 0.5) is 0 Å². The van der Waals surface area contributed by atoms with Crippen molar-refractivity contribution in [3.8, 4) is 5.75 Å². The van der Waals surface area contributed by atoms with Crippen LogP contribution in [-0.2, 0) is 20.7 Å². The van der Waals surface area contributed by atoms with E-state index in [0.29, 0.717) is 48.6 Å². The van der Waals surface area contributed by atoms with E-state index in [9.17, 15) is 9.59 Å². The maximum atomic E-state index is 12.4. The fourth-order valence-corrected chi connectivity index (χ4v) is 2.87. The molecule has 0 saturated carbocycles. The number of benzene rings is 1. The lowest BCUT2D eigenvalue weighted by molar-refractivity contribution is -0.133. The van der Waals surface area contributed by atoms with Crippen molar-refractivity contribution >= 4 is 29.4 Å². The van der Waals surface area contributed by atoms with Crippen molar-refractivity contribution in [2.75, 3.05) is 33.4 Å². The van der Waals surface area contributed by atoms with E-state index in [1.807, 2.05) is 4.90 Å². The molecule has 1 aromatic rings. The third-order valence-corrected chi connectivity index (χ3v) is 4.42. The maximum Gasteiger partial charge on any atom is 0.261 e. The van der Waals surface area contributed by atoms with E-state index in [4.69, 9.17) is 21.1 Å².